The van der Waals surface area contributed by atoms with Crippen LogP contribution in [0.25, 0.3) is 0 Å². The standard InChI is InChI=1S/C16H30N2O3/c1-4-5-6-10-18(12(2)3)16(21)17-14-9-7-8-13(11-14)15(19)20/h12-14H,4-11H2,1-3H3,(H,17,21)(H,19,20). The van der Waals surface area contributed by atoms with Crippen LogP contribution in [0, 0.1) is 5.92 Å². The molecule has 1 rings (SSSR count). The highest BCUT2D eigenvalue weighted by molar-refractivity contribution is 5.75. The van der Waals surface area contributed by atoms with Gasteiger partial charge >= 0.3 is 12.0 Å². The van der Waals surface area contributed by atoms with Crippen molar-refractivity contribution in [2.24, 2.45) is 5.92 Å². The van der Waals surface area contributed by atoms with E-state index in [0.717, 1.165) is 45.1 Å². The molecule has 122 valence electrons. The van der Waals surface area contributed by atoms with Crippen LogP contribution in [0.5, 0.6) is 0 Å². The quantitative estimate of drug-likeness (QED) is 0.709. The van der Waals surface area contributed by atoms with Crippen LogP contribution in [0.1, 0.15) is 65.7 Å². The molecule has 0 spiro atoms. The summed E-state index contributed by atoms with van der Waals surface area (Å²) in [6.45, 7) is 6.96. The third-order valence-corrected chi connectivity index (χ3v) is 4.24. The summed E-state index contributed by atoms with van der Waals surface area (Å²) in [5.41, 5.74) is 0. The predicted molar refractivity (Wildman–Crippen MR) is 83.3 cm³/mol. The van der Waals surface area contributed by atoms with Crippen molar-refractivity contribution in [2.75, 3.05) is 6.54 Å². The molecular formula is C16H30N2O3. The maximum atomic E-state index is 12.4. The number of hydrogen-bond acceptors (Lipinski definition) is 2. The molecular weight excluding hydrogens is 268 g/mol. The molecule has 0 aromatic rings. The molecule has 0 heterocycles. The summed E-state index contributed by atoms with van der Waals surface area (Å²) in [7, 11) is 0. The minimum Gasteiger partial charge on any atom is -0.481 e. The first-order chi connectivity index (χ1) is 9.95. The van der Waals surface area contributed by atoms with Crippen LogP contribution >= 0.6 is 0 Å². The number of hydrogen-bond donors (Lipinski definition) is 2. The average Bonchev–Trinajstić information content (AvgIpc) is 2.43. The third-order valence-electron chi connectivity index (χ3n) is 4.24. The van der Waals surface area contributed by atoms with Crippen LogP contribution in [0.2, 0.25) is 0 Å². The van der Waals surface area contributed by atoms with Gasteiger partial charge in [-0.05, 0) is 39.5 Å². The summed E-state index contributed by atoms with van der Waals surface area (Å²) in [5, 5.41) is 12.1. The highest BCUT2D eigenvalue weighted by atomic mass is 16.4. The molecule has 0 aliphatic heterocycles. The Balaban J connectivity index is 2.50. The Hall–Kier alpha value is -1.26. The number of unbranched alkanes of at least 4 members (excludes halogenated alkanes) is 2. The summed E-state index contributed by atoms with van der Waals surface area (Å²) < 4.78 is 0. The van der Waals surface area contributed by atoms with E-state index in [1.807, 2.05) is 18.7 Å². The molecule has 21 heavy (non-hydrogen) atoms. The van der Waals surface area contributed by atoms with Crippen LogP contribution in [0.4, 0.5) is 4.79 Å². The van der Waals surface area contributed by atoms with E-state index in [2.05, 4.69) is 12.2 Å². The summed E-state index contributed by atoms with van der Waals surface area (Å²) in [6.07, 6.45) is 6.33. The lowest BCUT2D eigenvalue weighted by molar-refractivity contribution is -0.143. The Morgan fingerprint density at radius 2 is 2.00 bits per heavy atom. The van der Waals surface area contributed by atoms with Gasteiger partial charge in [0.15, 0.2) is 0 Å². The van der Waals surface area contributed by atoms with Gasteiger partial charge in [0.2, 0.25) is 0 Å². The van der Waals surface area contributed by atoms with E-state index in [-0.39, 0.29) is 24.0 Å². The molecule has 2 atom stereocenters. The van der Waals surface area contributed by atoms with Crippen LogP contribution in [0.3, 0.4) is 0 Å². The fourth-order valence-electron chi connectivity index (χ4n) is 2.93. The predicted octanol–water partition coefficient (Wildman–Crippen LogP) is 3.24. The molecule has 0 radical (unpaired) electrons. The first-order valence-corrected chi connectivity index (χ1v) is 8.25. The lowest BCUT2D eigenvalue weighted by Crippen LogP contribution is -2.49. The second kappa shape index (κ2) is 8.90. The number of rotatable bonds is 7. The van der Waals surface area contributed by atoms with Crippen molar-refractivity contribution in [2.45, 2.75) is 77.8 Å². The Kier molecular flexibility index (Phi) is 7.54. The number of nitrogens with zero attached hydrogens (tertiary/aromatic N) is 1. The van der Waals surface area contributed by atoms with Crippen LogP contribution in [-0.4, -0.2) is 40.6 Å². The van der Waals surface area contributed by atoms with Gasteiger partial charge in [-0.25, -0.2) is 4.79 Å². The van der Waals surface area contributed by atoms with E-state index in [0.29, 0.717) is 6.42 Å². The van der Waals surface area contributed by atoms with Gasteiger partial charge in [0.1, 0.15) is 0 Å². The fourth-order valence-corrected chi connectivity index (χ4v) is 2.93. The van der Waals surface area contributed by atoms with Crippen molar-refractivity contribution < 1.29 is 14.7 Å². The minimum atomic E-state index is -0.738. The Morgan fingerprint density at radius 3 is 2.57 bits per heavy atom. The maximum absolute atomic E-state index is 12.4. The van der Waals surface area contributed by atoms with Gasteiger partial charge in [-0.1, -0.05) is 26.2 Å². The highest BCUT2D eigenvalue weighted by Gasteiger charge is 2.29. The molecule has 1 aliphatic rings. The number of urea groups is 1. The van der Waals surface area contributed by atoms with Crippen molar-refractivity contribution in [3.63, 3.8) is 0 Å². The van der Waals surface area contributed by atoms with Gasteiger partial charge in [0.05, 0.1) is 5.92 Å². The minimum absolute atomic E-state index is 0.000208. The van der Waals surface area contributed by atoms with Crippen LogP contribution in [-0.2, 0) is 4.79 Å². The van der Waals surface area contributed by atoms with E-state index in [4.69, 9.17) is 5.11 Å². The first-order valence-electron chi connectivity index (χ1n) is 8.25. The van der Waals surface area contributed by atoms with Crippen LogP contribution < -0.4 is 5.32 Å². The molecule has 2 N–H and O–H groups in total. The van der Waals surface area contributed by atoms with Gasteiger partial charge in [-0.15, -0.1) is 0 Å². The van der Waals surface area contributed by atoms with Crippen molar-refractivity contribution in [1.29, 1.82) is 0 Å². The molecule has 2 amide bonds. The number of amides is 2. The second-order valence-electron chi connectivity index (χ2n) is 6.34. The van der Waals surface area contributed by atoms with Gasteiger partial charge in [0.25, 0.3) is 0 Å². The summed E-state index contributed by atoms with van der Waals surface area (Å²) >= 11 is 0. The smallest absolute Gasteiger partial charge is 0.317 e. The number of carbonyl (C=O) groups excluding carboxylic acids is 1. The van der Waals surface area contributed by atoms with Crippen LogP contribution in [0.15, 0.2) is 0 Å². The molecule has 0 saturated heterocycles. The molecule has 2 unspecified atom stereocenters. The van der Waals surface area contributed by atoms with E-state index < -0.39 is 5.97 Å². The summed E-state index contributed by atoms with van der Waals surface area (Å²) in [4.78, 5) is 25.3. The van der Waals surface area contributed by atoms with Gasteiger partial charge in [-0.3, -0.25) is 4.79 Å². The Labute approximate surface area is 128 Å². The molecule has 1 saturated carbocycles. The van der Waals surface area contributed by atoms with E-state index >= 15 is 0 Å². The molecule has 0 aromatic heterocycles. The molecule has 0 bridgehead atoms. The molecule has 5 nitrogen and oxygen atoms in total. The largest absolute Gasteiger partial charge is 0.481 e. The monoisotopic (exact) mass is 298 g/mol. The topological polar surface area (TPSA) is 69.6 Å². The second-order valence-corrected chi connectivity index (χ2v) is 6.34. The molecule has 5 heteroatoms. The van der Waals surface area contributed by atoms with Crippen molar-refractivity contribution in [3.05, 3.63) is 0 Å². The van der Waals surface area contributed by atoms with Gasteiger partial charge in [-0.2, -0.15) is 0 Å². The lowest BCUT2D eigenvalue weighted by Gasteiger charge is -2.32. The van der Waals surface area contributed by atoms with E-state index in [9.17, 15) is 9.59 Å². The van der Waals surface area contributed by atoms with E-state index in [1.165, 1.54) is 0 Å². The number of carboxylic acid groups (broad SMARTS) is 1. The SMILES string of the molecule is CCCCCN(C(=O)NC1CCCC(C(=O)O)C1)C(C)C. The zero-order valence-corrected chi connectivity index (χ0v) is 13.6. The number of carboxylic acids is 1. The third kappa shape index (κ3) is 5.94. The number of carbonyl (C=O) groups is 2. The average molecular weight is 298 g/mol. The zero-order chi connectivity index (χ0) is 15.8. The van der Waals surface area contributed by atoms with Gasteiger partial charge in [0, 0.05) is 18.6 Å². The summed E-state index contributed by atoms with van der Waals surface area (Å²) in [6, 6.07) is 0.123. The molecule has 0 aromatic carbocycles. The number of nitrogens with one attached hydrogen (secondary N) is 1. The van der Waals surface area contributed by atoms with Gasteiger partial charge < -0.3 is 15.3 Å². The van der Waals surface area contributed by atoms with Crippen molar-refractivity contribution in [1.82, 2.24) is 10.2 Å². The number of aliphatic carboxylic acids is 1. The molecule has 1 fully saturated rings. The van der Waals surface area contributed by atoms with Crippen molar-refractivity contribution >= 4 is 12.0 Å². The summed E-state index contributed by atoms with van der Waals surface area (Å²) in [5.74, 6) is -1.05. The van der Waals surface area contributed by atoms with E-state index in [1.54, 1.807) is 0 Å². The Bertz CT molecular complexity index is 344. The Morgan fingerprint density at radius 1 is 1.29 bits per heavy atom. The lowest BCUT2D eigenvalue weighted by atomic mass is 9.86. The zero-order valence-electron chi connectivity index (χ0n) is 13.6. The normalized spacial score (nSPS) is 22.1. The highest BCUT2D eigenvalue weighted by Crippen LogP contribution is 2.24. The van der Waals surface area contributed by atoms with Crippen molar-refractivity contribution in [3.8, 4) is 0 Å². The first kappa shape index (κ1) is 17.8. The fraction of sp³-hybridized carbons (Fsp3) is 0.875. The maximum Gasteiger partial charge on any atom is 0.317 e. The molecule has 1 aliphatic carbocycles.